The summed E-state index contributed by atoms with van der Waals surface area (Å²) in [5.41, 5.74) is 1.15. The molecular weight excluding hydrogens is 387 g/mol. The van der Waals surface area contributed by atoms with Crippen LogP contribution in [0.15, 0.2) is 35.1 Å². The van der Waals surface area contributed by atoms with Gasteiger partial charge in [0.1, 0.15) is 5.82 Å². The molecular formula is C15H19BrCl2N4. The lowest BCUT2D eigenvalue weighted by Gasteiger charge is -2.36. The summed E-state index contributed by atoms with van der Waals surface area (Å²) in [5, 5.41) is 4.27. The standard InChI is InChI=1S/C15H18BrClN4.ClH/c1-20-6-5-19-15(20)14-9-18-4-7-21(14)10-11-8-12(16)2-3-13(11)17;/h2-3,5-6,8,14,18H,4,7,9-10H2,1H3;1H. The topological polar surface area (TPSA) is 33.1 Å². The fraction of sp³-hybridized carbons (Fsp3) is 0.400. The molecule has 2 heterocycles. The summed E-state index contributed by atoms with van der Waals surface area (Å²) in [6.07, 6.45) is 3.85. The monoisotopic (exact) mass is 404 g/mol. The van der Waals surface area contributed by atoms with Gasteiger partial charge in [0.05, 0.1) is 6.04 Å². The number of hydrogen-bond acceptors (Lipinski definition) is 3. The summed E-state index contributed by atoms with van der Waals surface area (Å²) in [6, 6.07) is 6.28. The number of imidazole rings is 1. The molecule has 0 saturated carbocycles. The highest BCUT2D eigenvalue weighted by Crippen LogP contribution is 2.27. The minimum absolute atomic E-state index is 0. The number of nitrogens with zero attached hydrogens (tertiary/aromatic N) is 3. The predicted molar refractivity (Wildman–Crippen MR) is 95.6 cm³/mol. The third-order valence-electron chi connectivity index (χ3n) is 3.89. The second kappa shape index (κ2) is 7.79. The summed E-state index contributed by atoms with van der Waals surface area (Å²) in [7, 11) is 2.04. The highest BCUT2D eigenvalue weighted by molar-refractivity contribution is 9.10. The third-order valence-corrected chi connectivity index (χ3v) is 4.75. The first-order valence-electron chi connectivity index (χ1n) is 7.01. The Morgan fingerprint density at radius 3 is 3.00 bits per heavy atom. The molecule has 1 fully saturated rings. The number of piperazine rings is 1. The number of aromatic nitrogens is 2. The Morgan fingerprint density at radius 1 is 1.45 bits per heavy atom. The molecule has 22 heavy (non-hydrogen) atoms. The van der Waals surface area contributed by atoms with Crippen LogP contribution in [0.2, 0.25) is 5.02 Å². The summed E-state index contributed by atoms with van der Waals surface area (Å²) in [4.78, 5) is 6.95. The van der Waals surface area contributed by atoms with Crippen LogP contribution in [0.25, 0.3) is 0 Å². The first-order chi connectivity index (χ1) is 10.1. The van der Waals surface area contributed by atoms with Gasteiger partial charge in [-0.1, -0.05) is 27.5 Å². The molecule has 0 amide bonds. The quantitative estimate of drug-likeness (QED) is 0.849. The molecule has 2 aromatic rings. The van der Waals surface area contributed by atoms with Crippen LogP contribution in [0, 0.1) is 0 Å². The zero-order valence-electron chi connectivity index (χ0n) is 12.3. The van der Waals surface area contributed by atoms with Crippen molar-refractivity contribution in [2.75, 3.05) is 19.6 Å². The lowest BCUT2D eigenvalue weighted by molar-refractivity contribution is 0.145. The van der Waals surface area contributed by atoms with Crippen molar-refractivity contribution in [3.8, 4) is 0 Å². The average molecular weight is 406 g/mol. The van der Waals surface area contributed by atoms with E-state index in [4.69, 9.17) is 11.6 Å². The minimum atomic E-state index is 0. The Morgan fingerprint density at radius 2 is 2.27 bits per heavy atom. The Balaban J connectivity index is 0.00000176. The van der Waals surface area contributed by atoms with Crippen LogP contribution in [0.3, 0.4) is 0 Å². The second-order valence-electron chi connectivity index (χ2n) is 5.32. The summed E-state index contributed by atoms with van der Waals surface area (Å²) >= 11 is 9.86. The lowest BCUT2D eigenvalue weighted by atomic mass is 10.1. The number of rotatable bonds is 3. The van der Waals surface area contributed by atoms with E-state index in [0.29, 0.717) is 0 Å². The average Bonchev–Trinajstić information content (AvgIpc) is 2.90. The van der Waals surface area contributed by atoms with Gasteiger partial charge >= 0.3 is 0 Å². The molecule has 1 aliphatic heterocycles. The van der Waals surface area contributed by atoms with Crippen LogP contribution in [0.1, 0.15) is 17.4 Å². The van der Waals surface area contributed by atoms with Gasteiger partial charge in [-0.25, -0.2) is 4.98 Å². The number of benzene rings is 1. The molecule has 3 rings (SSSR count). The van der Waals surface area contributed by atoms with Crippen LogP contribution in [-0.2, 0) is 13.6 Å². The summed E-state index contributed by atoms with van der Waals surface area (Å²) in [6.45, 7) is 3.72. The molecule has 1 unspecified atom stereocenters. The molecule has 1 atom stereocenters. The van der Waals surface area contributed by atoms with Crippen molar-refractivity contribution >= 4 is 39.9 Å². The zero-order valence-corrected chi connectivity index (χ0v) is 15.5. The molecule has 4 nitrogen and oxygen atoms in total. The molecule has 1 aliphatic rings. The second-order valence-corrected chi connectivity index (χ2v) is 6.65. The Kier molecular flexibility index (Phi) is 6.29. The van der Waals surface area contributed by atoms with Gasteiger partial charge in [0.25, 0.3) is 0 Å². The van der Waals surface area contributed by atoms with Gasteiger partial charge in [0.15, 0.2) is 0 Å². The summed E-state index contributed by atoms with van der Waals surface area (Å²) in [5.74, 6) is 1.09. The van der Waals surface area contributed by atoms with E-state index < -0.39 is 0 Å². The smallest absolute Gasteiger partial charge is 0.127 e. The molecule has 0 spiro atoms. The maximum Gasteiger partial charge on any atom is 0.127 e. The molecule has 0 bridgehead atoms. The molecule has 1 aromatic heterocycles. The van der Waals surface area contributed by atoms with Gasteiger partial charge in [-0.2, -0.15) is 0 Å². The van der Waals surface area contributed by atoms with Crippen molar-refractivity contribution in [3.63, 3.8) is 0 Å². The van der Waals surface area contributed by atoms with E-state index in [2.05, 4.69) is 41.8 Å². The molecule has 0 aliphatic carbocycles. The van der Waals surface area contributed by atoms with Crippen molar-refractivity contribution in [3.05, 3.63) is 51.5 Å². The molecule has 0 radical (unpaired) electrons. The number of aryl methyl sites for hydroxylation is 1. The number of halogens is 3. The van der Waals surface area contributed by atoms with Crippen LogP contribution >= 0.6 is 39.9 Å². The van der Waals surface area contributed by atoms with Gasteiger partial charge in [0, 0.05) is 55.1 Å². The van der Waals surface area contributed by atoms with Crippen molar-refractivity contribution < 1.29 is 0 Å². The predicted octanol–water partition coefficient (Wildman–Crippen LogP) is 3.40. The number of hydrogen-bond donors (Lipinski definition) is 1. The SMILES string of the molecule is Cl.Cn1ccnc1C1CNCCN1Cc1cc(Br)ccc1Cl. The zero-order chi connectivity index (χ0) is 14.8. The maximum absolute atomic E-state index is 6.34. The van der Waals surface area contributed by atoms with Crippen LogP contribution in [0.4, 0.5) is 0 Å². The van der Waals surface area contributed by atoms with Crippen molar-refractivity contribution in [1.29, 1.82) is 0 Å². The highest BCUT2D eigenvalue weighted by atomic mass is 79.9. The van der Waals surface area contributed by atoms with Crippen LogP contribution < -0.4 is 5.32 Å². The maximum atomic E-state index is 6.34. The lowest BCUT2D eigenvalue weighted by Crippen LogP contribution is -2.46. The van der Waals surface area contributed by atoms with Gasteiger partial charge in [-0.05, 0) is 23.8 Å². The summed E-state index contributed by atoms with van der Waals surface area (Å²) < 4.78 is 3.15. The van der Waals surface area contributed by atoms with E-state index in [0.717, 1.165) is 47.1 Å². The minimum Gasteiger partial charge on any atom is -0.337 e. The van der Waals surface area contributed by atoms with Crippen molar-refractivity contribution in [2.45, 2.75) is 12.6 Å². The van der Waals surface area contributed by atoms with Crippen molar-refractivity contribution in [2.24, 2.45) is 7.05 Å². The van der Waals surface area contributed by atoms with E-state index in [9.17, 15) is 0 Å². The molecule has 1 N–H and O–H groups in total. The number of nitrogens with one attached hydrogen (secondary N) is 1. The molecule has 1 aromatic carbocycles. The first-order valence-corrected chi connectivity index (χ1v) is 8.18. The van der Waals surface area contributed by atoms with E-state index >= 15 is 0 Å². The highest BCUT2D eigenvalue weighted by Gasteiger charge is 2.27. The fourth-order valence-corrected chi connectivity index (χ4v) is 3.36. The van der Waals surface area contributed by atoms with Gasteiger partial charge in [-0.3, -0.25) is 4.90 Å². The molecule has 1 saturated heterocycles. The normalized spacial score (nSPS) is 19.0. The van der Waals surface area contributed by atoms with Gasteiger partial charge < -0.3 is 9.88 Å². The van der Waals surface area contributed by atoms with E-state index in [1.165, 1.54) is 0 Å². The van der Waals surface area contributed by atoms with Crippen LogP contribution in [0.5, 0.6) is 0 Å². The Labute approximate surface area is 150 Å². The largest absolute Gasteiger partial charge is 0.337 e. The Bertz CT molecular complexity index is 632. The van der Waals surface area contributed by atoms with E-state index in [-0.39, 0.29) is 18.4 Å². The van der Waals surface area contributed by atoms with Gasteiger partial charge in [-0.15, -0.1) is 12.4 Å². The van der Waals surface area contributed by atoms with E-state index in [1.54, 1.807) is 0 Å². The fourth-order valence-electron chi connectivity index (χ4n) is 2.77. The third kappa shape index (κ3) is 3.84. The van der Waals surface area contributed by atoms with Gasteiger partial charge in [0.2, 0.25) is 0 Å². The van der Waals surface area contributed by atoms with E-state index in [1.807, 2.05) is 31.6 Å². The molecule has 7 heteroatoms. The van der Waals surface area contributed by atoms with Crippen molar-refractivity contribution in [1.82, 2.24) is 19.8 Å². The molecule has 120 valence electrons. The Hall–Kier alpha value is -0.590. The van der Waals surface area contributed by atoms with Crippen LogP contribution in [-0.4, -0.2) is 34.1 Å². The first kappa shape index (κ1) is 17.8.